The molecule has 150 valence electrons. The summed E-state index contributed by atoms with van der Waals surface area (Å²) in [4.78, 5) is 28.8. The molecule has 1 amide bonds. The van der Waals surface area contributed by atoms with E-state index in [1.54, 1.807) is 24.5 Å². The molecule has 0 saturated carbocycles. The number of hydrogen-bond donors (Lipinski definition) is 3. The maximum Gasteiger partial charge on any atom is 0.255 e. The van der Waals surface area contributed by atoms with Gasteiger partial charge in [-0.1, -0.05) is 6.07 Å². The zero-order valence-electron chi connectivity index (χ0n) is 16.0. The van der Waals surface area contributed by atoms with Crippen molar-refractivity contribution in [1.29, 1.82) is 0 Å². The summed E-state index contributed by atoms with van der Waals surface area (Å²) in [6.07, 6.45) is 5.39. The number of carbonyl (C=O) groups is 1. The van der Waals surface area contributed by atoms with Gasteiger partial charge >= 0.3 is 0 Å². The molecule has 0 bridgehead atoms. The van der Waals surface area contributed by atoms with E-state index >= 15 is 0 Å². The predicted octanol–water partition coefficient (Wildman–Crippen LogP) is 3.20. The van der Waals surface area contributed by atoms with Crippen LogP contribution < -0.4 is 15.4 Å². The minimum absolute atomic E-state index is 0.0662. The first-order valence-corrected chi connectivity index (χ1v) is 9.35. The Labute approximate surface area is 170 Å². The topological polar surface area (TPSA) is 105 Å². The smallest absolute Gasteiger partial charge is 0.255 e. The highest BCUT2D eigenvalue weighted by molar-refractivity contribution is 6.08. The molecular formula is C21H17FN6O2. The van der Waals surface area contributed by atoms with Gasteiger partial charge in [-0.25, -0.2) is 14.4 Å². The predicted molar refractivity (Wildman–Crippen MR) is 109 cm³/mol. The molecular weight excluding hydrogens is 387 g/mol. The fourth-order valence-corrected chi connectivity index (χ4v) is 3.75. The summed E-state index contributed by atoms with van der Waals surface area (Å²) >= 11 is 0. The first-order valence-electron chi connectivity index (χ1n) is 9.35. The van der Waals surface area contributed by atoms with Crippen molar-refractivity contribution in [2.45, 2.75) is 6.42 Å². The summed E-state index contributed by atoms with van der Waals surface area (Å²) in [5.41, 5.74) is 4.90. The fraction of sp³-hybridized carbons (Fsp3) is 0.143. The van der Waals surface area contributed by atoms with Crippen molar-refractivity contribution in [2.24, 2.45) is 0 Å². The van der Waals surface area contributed by atoms with Gasteiger partial charge < -0.3 is 20.4 Å². The van der Waals surface area contributed by atoms with Crippen LogP contribution in [0.1, 0.15) is 16.1 Å². The van der Waals surface area contributed by atoms with Crippen LogP contribution >= 0.6 is 0 Å². The molecule has 5 rings (SSSR count). The van der Waals surface area contributed by atoms with E-state index < -0.39 is 5.82 Å². The summed E-state index contributed by atoms with van der Waals surface area (Å²) in [6.45, 7) is 0.535. The Morgan fingerprint density at radius 3 is 3.00 bits per heavy atom. The average Bonchev–Trinajstić information content (AvgIpc) is 3.13. The van der Waals surface area contributed by atoms with Crippen molar-refractivity contribution in [1.82, 2.24) is 25.3 Å². The normalized spacial score (nSPS) is 13.1. The molecule has 0 unspecified atom stereocenters. The Morgan fingerprint density at radius 1 is 1.23 bits per heavy atom. The molecule has 0 saturated heterocycles. The van der Waals surface area contributed by atoms with Gasteiger partial charge in [0.1, 0.15) is 17.4 Å². The van der Waals surface area contributed by atoms with Gasteiger partial charge in [0.2, 0.25) is 0 Å². The van der Waals surface area contributed by atoms with E-state index in [0.717, 1.165) is 11.3 Å². The third-order valence-electron chi connectivity index (χ3n) is 5.07. The fourth-order valence-electron chi connectivity index (χ4n) is 3.75. The van der Waals surface area contributed by atoms with E-state index in [9.17, 15) is 9.18 Å². The third kappa shape index (κ3) is 2.83. The van der Waals surface area contributed by atoms with Gasteiger partial charge in [0.25, 0.3) is 5.91 Å². The number of H-pyrrole nitrogens is 1. The number of amides is 1. The molecule has 0 radical (unpaired) electrons. The number of carbonyl (C=O) groups excluding carboxylic acids is 1. The lowest BCUT2D eigenvalue weighted by atomic mass is 10.0. The van der Waals surface area contributed by atoms with Gasteiger partial charge in [-0.15, -0.1) is 0 Å². The third-order valence-corrected chi connectivity index (χ3v) is 5.07. The van der Waals surface area contributed by atoms with E-state index in [4.69, 9.17) is 4.74 Å². The van der Waals surface area contributed by atoms with E-state index in [-0.39, 0.29) is 11.7 Å². The van der Waals surface area contributed by atoms with Crippen LogP contribution in [-0.4, -0.2) is 39.5 Å². The molecule has 0 spiro atoms. The number of aromatic amines is 1. The standard InChI is InChI=1S/C21H17FN6O2/c1-30-20-12(22)3-2-4-14(20)28-19-16-13(6-8-25-21(16)29)27-18(19)11-5-7-24-15-9-23-10-26-17(11)15/h2-5,7,9-10,27-28H,6,8H2,1H3,(H,25,29). The lowest BCUT2D eigenvalue weighted by Crippen LogP contribution is -2.31. The van der Waals surface area contributed by atoms with Crippen LogP contribution in [0.25, 0.3) is 22.3 Å². The Bertz CT molecular complexity index is 1280. The highest BCUT2D eigenvalue weighted by atomic mass is 19.1. The van der Waals surface area contributed by atoms with Crippen LogP contribution in [0.15, 0.2) is 43.0 Å². The Hall–Kier alpha value is -4.01. The molecule has 30 heavy (non-hydrogen) atoms. The molecule has 0 aliphatic carbocycles. The molecule has 9 heteroatoms. The number of halogens is 1. The van der Waals surface area contributed by atoms with Crippen LogP contribution in [0.2, 0.25) is 0 Å². The van der Waals surface area contributed by atoms with Gasteiger partial charge in [0.05, 0.1) is 35.9 Å². The lowest BCUT2D eigenvalue weighted by Gasteiger charge is -2.16. The van der Waals surface area contributed by atoms with Crippen molar-refractivity contribution in [2.75, 3.05) is 19.0 Å². The second-order valence-corrected chi connectivity index (χ2v) is 6.80. The second-order valence-electron chi connectivity index (χ2n) is 6.80. The number of ether oxygens (including phenoxy) is 1. The number of benzene rings is 1. The first kappa shape index (κ1) is 18.0. The van der Waals surface area contributed by atoms with Crippen molar-refractivity contribution in [3.8, 4) is 17.0 Å². The van der Waals surface area contributed by atoms with Gasteiger partial charge in [-0.3, -0.25) is 9.78 Å². The van der Waals surface area contributed by atoms with Gasteiger partial charge in [-0.2, -0.15) is 0 Å². The minimum Gasteiger partial charge on any atom is -0.492 e. The number of nitrogens with zero attached hydrogens (tertiary/aromatic N) is 3. The molecule has 0 atom stereocenters. The quantitative estimate of drug-likeness (QED) is 0.483. The maximum absolute atomic E-state index is 14.2. The molecule has 0 fully saturated rings. The number of para-hydroxylation sites is 1. The number of nitrogens with one attached hydrogen (secondary N) is 3. The van der Waals surface area contributed by atoms with E-state index in [1.165, 1.54) is 19.5 Å². The second kappa shape index (κ2) is 7.11. The summed E-state index contributed by atoms with van der Waals surface area (Å²) in [5, 5.41) is 6.08. The number of anilines is 2. The SMILES string of the molecule is COc1c(F)cccc1Nc1c(-c2ccnc3cncnc23)[nH]c2c1C(=O)NCC2. The Kier molecular flexibility index (Phi) is 4.27. The Morgan fingerprint density at radius 2 is 2.13 bits per heavy atom. The van der Waals surface area contributed by atoms with E-state index in [1.807, 2.05) is 6.07 Å². The number of fused-ring (bicyclic) bond motifs is 2. The molecule has 3 aromatic heterocycles. The molecule has 3 N–H and O–H groups in total. The van der Waals surface area contributed by atoms with Crippen molar-refractivity contribution < 1.29 is 13.9 Å². The maximum atomic E-state index is 14.2. The number of rotatable bonds is 4. The number of hydrogen-bond acceptors (Lipinski definition) is 6. The molecule has 1 aliphatic rings. The highest BCUT2D eigenvalue weighted by Gasteiger charge is 2.28. The number of aromatic nitrogens is 4. The van der Waals surface area contributed by atoms with Crippen LogP contribution in [0.5, 0.6) is 5.75 Å². The van der Waals surface area contributed by atoms with Crippen LogP contribution in [-0.2, 0) is 6.42 Å². The van der Waals surface area contributed by atoms with Crippen LogP contribution in [0, 0.1) is 5.82 Å². The summed E-state index contributed by atoms with van der Waals surface area (Å²) in [5.74, 6) is -0.638. The largest absolute Gasteiger partial charge is 0.492 e. The Balaban J connectivity index is 1.75. The highest BCUT2D eigenvalue weighted by Crippen LogP contribution is 2.40. The average molecular weight is 404 g/mol. The first-order chi connectivity index (χ1) is 14.7. The summed E-state index contributed by atoms with van der Waals surface area (Å²) in [6, 6.07) is 6.41. The lowest BCUT2D eigenvalue weighted by molar-refractivity contribution is 0.0947. The monoisotopic (exact) mass is 404 g/mol. The number of pyridine rings is 1. The van der Waals surface area contributed by atoms with Gasteiger partial charge in [-0.05, 0) is 18.2 Å². The van der Waals surface area contributed by atoms with Crippen LogP contribution in [0.4, 0.5) is 15.8 Å². The summed E-state index contributed by atoms with van der Waals surface area (Å²) in [7, 11) is 1.40. The van der Waals surface area contributed by atoms with Gasteiger partial charge in [0.15, 0.2) is 11.6 Å². The van der Waals surface area contributed by atoms with Crippen molar-refractivity contribution in [3.63, 3.8) is 0 Å². The minimum atomic E-state index is -0.500. The van der Waals surface area contributed by atoms with Crippen molar-refractivity contribution in [3.05, 3.63) is 60.1 Å². The molecule has 8 nitrogen and oxygen atoms in total. The van der Waals surface area contributed by atoms with E-state index in [2.05, 4.69) is 30.6 Å². The van der Waals surface area contributed by atoms with Gasteiger partial charge in [0, 0.05) is 30.4 Å². The number of methoxy groups -OCH3 is 1. The zero-order valence-corrected chi connectivity index (χ0v) is 16.0. The molecule has 1 aliphatic heterocycles. The molecule has 1 aromatic carbocycles. The van der Waals surface area contributed by atoms with Crippen LogP contribution in [0.3, 0.4) is 0 Å². The molecule has 4 heterocycles. The van der Waals surface area contributed by atoms with E-state index in [0.29, 0.717) is 46.6 Å². The summed E-state index contributed by atoms with van der Waals surface area (Å²) < 4.78 is 19.5. The molecule has 4 aromatic rings. The van der Waals surface area contributed by atoms with Crippen molar-refractivity contribution >= 4 is 28.3 Å². The zero-order chi connectivity index (χ0) is 20.7.